The quantitative estimate of drug-likeness (QED) is 0.608. The number of esters is 1. The van der Waals surface area contributed by atoms with E-state index < -0.39 is 5.97 Å². The van der Waals surface area contributed by atoms with Gasteiger partial charge in [0.15, 0.2) is 0 Å². The van der Waals surface area contributed by atoms with Gasteiger partial charge in [-0.1, -0.05) is 12.1 Å². The van der Waals surface area contributed by atoms with Crippen LogP contribution in [0.3, 0.4) is 0 Å². The Morgan fingerprint density at radius 3 is 2.53 bits per heavy atom. The number of ether oxygens (including phenoxy) is 1. The van der Waals surface area contributed by atoms with E-state index in [4.69, 9.17) is 5.41 Å². The van der Waals surface area contributed by atoms with Crippen molar-refractivity contribution in [2.45, 2.75) is 13.3 Å². The number of nitrogens with one attached hydrogen (secondary N) is 1. The van der Waals surface area contributed by atoms with Crippen LogP contribution in [-0.4, -0.2) is 18.3 Å². The average molecular weight is 209 g/mol. The molecule has 0 aliphatic carbocycles. The first-order valence-electron chi connectivity index (χ1n) is 4.62. The van der Waals surface area contributed by atoms with Crippen molar-refractivity contribution >= 4 is 11.7 Å². The smallest absolute Gasteiger partial charge is 0.352 e. The van der Waals surface area contributed by atoms with Crippen LogP contribution in [0.5, 0.6) is 0 Å². The van der Waals surface area contributed by atoms with Crippen LogP contribution in [0.25, 0.3) is 0 Å². The number of rotatable bonds is 4. The fourth-order valence-corrected chi connectivity index (χ4v) is 1.10. The minimum Gasteiger partial charge on any atom is -0.462 e. The summed E-state index contributed by atoms with van der Waals surface area (Å²) in [6, 6.07) is 5.69. The summed E-state index contributed by atoms with van der Waals surface area (Å²) in [4.78, 5) is 11.1. The van der Waals surface area contributed by atoms with Crippen LogP contribution in [0.15, 0.2) is 24.3 Å². The van der Waals surface area contributed by atoms with E-state index in [0.717, 1.165) is 5.56 Å². The molecule has 0 aliphatic rings. The molecule has 15 heavy (non-hydrogen) atoms. The lowest BCUT2D eigenvalue weighted by molar-refractivity contribution is -0.135. The van der Waals surface area contributed by atoms with Gasteiger partial charge >= 0.3 is 5.97 Å². The summed E-state index contributed by atoms with van der Waals surface area (Å²) in [5.74, 6) is -0.955. The number of carbonyl (C=O) groups excluding carboxylic acids is 1. The summed E-state index contributed by atoms with van der Waals surface area (Å²) in [7, 11) is 0. The maximum absolute atomic E-state index is 12.6. The van der Waals surface area contributed by atoms with E-state index in [9.17, 15) is 9.18 Å². The Bertz CT molecular complexity index is 359. The van der Waals surface area contributed by atoms with Crippen LogP contribution in [0.2, 0.25) is 0 Å². The zero-order valence-electron chi connectivity index (χ0n) is 8.42. The first-order chi connectivity index (χ1) is 7.13. The van der Waals surface area contributed by atoms with E-state index in [1.807, 2.05) is 0 Å². The predicted octanol–water partition coefficient (Wildman–Crippen LogP) is 1.95. The average Bonchev–Trinajstić information content (AvgIpc) is 2.22. The van der Waals surface area contributed by atoms with Crippen molar-refractivity contribution in [2.24, 2.45) is 0 Å². The molecule has 1 N–H and O–H groups in total. The Balaban J connectivity index is 2.58. The molecule has 3 nitrogen and oxygen atoms in total. The Morgan fingerprint density at radius 1 is 1.40 bits per heavy atom. The maximum Gasteiger partial charge on any atom is 0.352 e. The Labute approximate surface area is 87.4 Å². The third-order valence-electron chi connectivity index (χ3n) is 1.82. The molecule has 0 fully saturated rings. The van der Waals surface area contributed by atoms with E-state index in [2.05, 4.69) is 4.74 Å². The number of carbonyl (C=O) groups is 1. The van der Waals surface area contributed by atoms with E-state index in [1.54, 1.807) is 19.1 Å². The molecule has 1 aromatic rings. The minimum atomic E-state index is -0.623. The van der Waals surface area contributed by atoms with Crippen LogP contribution in [-0.2, 0) is 16.0 Å². The third-order valence-corrected chi connectivity index (χ3v) is 1.82. The van der Waals surface area contributed by atoms with E-state index >= 15 is 0 Å². The lowest BCUT2D eigenvalue weighted by atomic mass is 10.1. The van der Waals surface area contributed by atoms with Crippen LogP contribution in [0, 0.1) is 11.2 Å². The first-order valence-corrected chi connectivity index (χ1v) is 4.62. The molecule has 0 aliphatic heterocycles. The molecule has 0 bridgehead atoms. The van der Waals surface area contributed by atoms with E-state index in [-0.39, 0.29) is 24.6 Å². The second-order valence-corrected chi connectivity index (χ2v) is 3.00. The molecule has 1 rings (SSSR count). The van der Waals surface area contributed by atoms with Gasteiger partial charge in [-0.15, -0.1) is 0 Å². The summed E-state index contributed by atoms with van der Waals surface area (Å²) in [6.07, 6.45) is 0.166. The molecule has 0 spiro atoms. The number of hydrogen-bond acceptors (Lipinski definition) is 3. The first kappa shape index (κ1) is 11.4. The van der Waals surface area contributed by atoms with Gasteiger partial charge in [0.05, 0.1) is 6.61 Å². The van der Waals surface area contributed by atoms with Gasteiger partial charge < -0.3 is 4.74 Å². The maximum atomic E-state index is 12.6. The highest BCUT2D eigenvalue weighted by Crippen LogP contribution is 2.04. The van der Waals surface area contributed by atoms with Crippen LogP contribution in [0.4, 0.5) is 4.39 Å². The topological polar surface area (TPSA) is 50.2 Å². The molecule has 1 aromatic carbocycles. The molecule has 0 heterocycles. The number of halogens is 1. The van der Waals surface area contributed by atoms with Gasteiger partial charge in [-0.05, 0) is 24.6 Å². The second-order valence-electron chi connectivity index (χ2n) is 3.00. The van der Waals surface area contributed by atoms with Gasteiger partial charge in [-0.3, -0.25) is 5.41 Å². The van der Waals surface area contributed by atoms with Crippen molar-refractivity contribution in [3.05, 3.63) is 35.6 Å². The summed E-state index contributed by atoms with van der Waals surface area (Å²) < 4.78 is 17.2. The molecule has 0 aromatic heterocycles. The monoisotopic (exact) mass is 209 g/mol. The molecular formula is C11H12FNO2. The zero-order chi connectivity index (χ0) is 11.3. The standard InChI is InChI=1S/C11H12FNO2/c1-2-15-11(14)10(13)7-8-3-5-9(12)6-4-8/h3-6,13H,2,7H2,1H3. The molecular weight excluding hydrogens is 197 g/mol. The predicted molar refractivity (Wildman–Crippen MR) is 54.5 cm³/mol. The number of hydrogen-bond donors (Lipinski definition) is 1. The third kappa shape index (κ3) is 3.50. The van der Waals surface area contributed by atoms with Gasteiger partial charge in [0.25, 0.3) is 0 Å². The Hall–Kier alpha value is -1.71. The van der Waals surface area contributed by atoms with Gasteiger partial charge in [-0.25, -0.2) is 9.18 Å². The zero-order valence-corrected chi connectivity index (χ0v) is 8.42. The lowest BCUT2D eigenvalue weighted by Crippen LogP contribution is -2.18. The van der Waals surface area contributed by atoms with Crippen molar-refractivity contribution in [3.63, 3.8) is 0 Å². The largest absolute Gasteiger partial charge is 0.462 e. The van der Waals surface area contributed by atoms with Crippen LogP contribution < -0.4 is 0 Å². The summed E-state index contributed by atoms with van der Waals surface area (Å²) in [5, 5.41) is 7.42. The molecule has 0 amide bonds. The molecule has 0 unspecified atom stereocenters. The van der Waals surface area contributed by atoms with Gasteiger partial charge in [0.1, 0.15) is 11.5 Å². The molecule has 0 radical (unpaired) electrons. The van der Waals surface area contributed by atoms with Gasteiger partial charge in [-0.2, -0.15) is 0 Å². The molecule has 80 valence electrons. The SMILES string of the molecule is CCOC(=O)C(=N)Cc1ccc(F)cc1. The number of benzene rings is 1. The van der Waals surface area contributed by atoms with Gasteiger partial charge in [0.2, 0.25) is 0 Å². The summed E-state index contributed by atoms with van der Waals surface area (Å²) in [6.45, 7) is 1.94. The second kappa shape index (κ2) is 5.24. The van der Waals surface area contributed by atoms with Crippen molar-refractivity contribution in [1.29, 1.82) is 5.41 Å². The van der Waals surface area contributed by atoms with Crippen molar-refractivity contribution in [2.75, 3.05) is 6.61 Å². The molecule has 0 atom stereocenters. The van der Waals surface area contributed by atoms with E-state index in [1.165, 1.54) is 12.1 Å². The highest BCUT2D eigenvalue weighted by atomic mass is 19.1. The highest BCUT2D eigenvalue weighted by Gasteiger charge is 2.10. The normalized spacial score (nSPS) is 9.73. The lowest BCUT2D eigenvalue weighted by Gasteiger charge is -2.03. The highest BCUT2D eigenvalue weighted by molar-refractivity contribution is 6.35. The Morgan fingerprint density at radius 2 is 2.00 bits per heavy atom. The van der Waals surface area contributed by atoms with Gasteiger partial charge in [0, 0.05) is 6.42 Å². The van der Waals surface area contributed by atoms with E-state index in [0.29, 0.717) is 0 Å². The Kier molecular flexibility index (Phi) is 3.97. The summed E-state index contributed by atoms with van der Waals surface area (Å²) in [5.41, 5.74) is 0.595. The van der Waals surface area contributed by atoms with Crippen molar-refractivity contribution in [1.82, 2.24) is 0 Å². The minimum absolute atomic E-state index is 0.122. The van der Waals surface area contributed by atoms with Crippen molar-refractivity contribution in [3.8, 4) is 0 Å². The fourth-order valence-electron chi connectivity index (χ4n) is 1.10. The van der Waals surface area contributed by atoms with Crippen LogP contribution in [0.1, 0.15) is 12.5 Å². The van der Waals surface area contributed by atoms with Crippen LogP contribution >= 0.6 is 0 Å². The summed E-state index contributed by atoms with van der Waals surface area (Å²) >= 11 is 0. The molecule has 4 heteroatoms. The van der Waals surface area contributed by atoms with Crippen molar-refractivity contribution < 1.29 is 13.9 Å². The fraction of sp³-hybridized carbons (Fsp3) is 0.273. The molecule has 0 saturated heterocycles. The molecule has 0 saturated carbocycles.